The summed E-state index contributed by atoms with van der Waals surface area (Å²) in [4.78, 5) is 22.0. The zero-order chi connectivity index (χ0) is 11.6. The fourth-order valence-corrected chi connectivity index (χ4v) is 1.34. The van der Waals surface area contributed by atoms with Crippen LogP contribution in [0.1, 0.15) is 11.1 Å². The number of thiol groups is 1. The third-order valence-electron chi connectivity index (χ3n) is 1.94. The molecule has 1 aromatic carbocycles. The van der Waals surface area contributed by atoms with Crippen LogP contribution in [0.15, 0.2) is 17.0 Å². The summed E-state index contributed by atoms with van der Waals surface area (Å²) in [5, 5.41) is 10.7. The molecular weight excluding hydrogens is 214 g/mol. The van der Waals surface area contributed by atoms with E-state index in [0.717, 1.165) is 16.0 Å². The van der Waals surface area contributed by atoms with Crippen molar-refractivity contribution in [3.05, 3.63) is 23.3 Å². The molecule has 0 radical (unpaired) electrons. The zero-order valence-electron chi connectivity index (χ0n) is 8.37. The van der Waals surface area contributed by atoms with E-state index in [9.17, 15) is 9.59 Å². The summed E-state index contributed by atoms with van der Waals surface area (Å²) in [7, 11) is 0. The highest BCUT2D eigenvalue weighted by atomic mass is 32.1. The minimum Gasteiger partial charge on any atom is -0.474 e. The maximum Gasteiger partial charge on any atom is 0.394 e. The van der Waals surface area contributed by atoms with E-state index < -0.39 is 11.9 Å². The van der Waals surface area contributed by atoms with Gasteiger partial charge in [0.15, 0.2) is 0 Å². The Balaban J connectivity index is 2.98. The Morgan fingerprint density at radius 2 is 1.73 bits per heavy atom. The molecule has 1 amide bonds. The van der Waals surface area contributed by atoms with Crippen LogP contribution in [0.4, 0.5) is 5.69 Å². The Bertz CT molecular complexity index is 406. The average molecular weight is 225 g/mol. The topological polar surface area (TPSA) is 66.4 Å². The van der Waals surface area contributed by atoms with Crippen LogP contribution in [0.5, 0.6) is 0 Å². The van der Waals surface area contributed by atoms with E-state index in [2.05, 4.69) is 17.9 Å². The van der Waals surface area contributed by atoms with Gasteiger partial charge in [0.2, 0.25) is 0 Å². The van der Waals surface area contributed by atoms with Gasteiger partial charge in [0.05, 0.1) is 0 Å². The molecule has 1 aromatic rings. The number of carbonyl (C=O) groups excluding carboxylic acids is 1. The number of carbonyl (C=O) groups is 2. The molecule has 0 saturated heterocycles. The summed E-state index contributed by atoms with van der Waals surface area (Å²) in [5.41, 5.74) is 2.24. The van der Waals surface area contributed by atoms with Crippen LogP contribution in [0.25, 0.3) is 0 Å². The molecule has 0 unspecified atom stereocenters. The molecule has 80 valence electrons. The normalized spacial score (nSPS) is 9.80. The molecule has 0 aliphatic rings. The SMILES string of the molecule is Cc1cc(NC(=O)C(=O)O)cc(C)c1S. The standard InChI is InChI=1S/C10H11NO3S/c1-5-3-7(4-6(2)8(5)15)11-9(12)10(13)14/h3-4,15H,1-2H3,(H,11,12)(H,13,14). The second-order valence-corrected chi connectivity index (χ2v) is 3.67. The number of hydrogen-bond donors (Lipinski definition) is 3. The minimum atomic E-state index is -1.50. The Hall–Kier alpha value is -1.49. The van der Waals surface area contributed by atoms with Crippen molar-refractivity contribution >= 4 is 30.2 Å². The molecule has 0 atom stereocenters. The monoisotopic (exact) mass is 225 g/mol. The average Bonchev–Trinajstić information content (AvgIpc) is 2.13. The molecule has 0 aromatic heterocycles. The molecule has 5 heteroatoms. The number of hydrogen-bond acceptors (Lipinski definition) is 3. The number of nitrogens with one attached hydrogen (secondary N) is 1. The molecule has 0 heterocycles. The molecule has 0 spiro atoms. The number of carboxylic acid groups (broad SMARTS) is 1. The largest absolute Gasteiger partial charge is 0.474 e. The van der Waals surface area contributed by atoms with Crippen LogP contribution in [0.3, 0.4) is 0 Å². The van der Waals surface area contributed by atoms with E-state index in [0.29, 0.717) is 5.69 Å². The van der Waals surface area contributed by atoms with Crippen LogP contribution >= 0.6 is 12.6 Å². The molecule has 2 N–H and O–H groups in total. The van der Waals surface area contributed by atoms with Gasteiger partial charge in [0, 0.05) is 10.6 Å². The van der Waals surface area contributed by atoms with E-state index >= 15 is 0 Å². The lowest BCUT2D eigenvalue weighted by Gasteiger charge is -2.08. The van der Waals surface area contributed by atoms with Crippen LogP contribution in [0, 0.1) is 13.8 Å². The van der Waals surface area contributed by atoms with Gasteiger partial charge in [-0.1, -0.05) is 0 Å². The second-order valence-electron chi connectivity index (χ2n) is 3.22. The van der Waals surface area contributed by atoms with Crippen LogP contribution in [-0.4, -0.2) is 17.0 Å². The van der Waals surface area contributed by atoms with Gasteiger partial charge in [-0.15, -0.1) is 12.6 Å². The molecule has 1 rings (SSSR count). The predicted octanol–water partition coefficient (Wildman–Crippen LogP) is 1.62. The number of rotatable bonds is 1. The summed E-state index contributed by atoms with van der Waals surface area (Å²) in [6, 6.07) is 3.35. The smallest absolute Gasteiger partial charge is 0.394 e. The van der Waals surface area contributed by atoms with Gasteiger partial charge in [-0.2, -0.15) is 0 Å². The van der Waals surface area contributed by atoms with Crippen molar-refractivity contribution in [1.82, 2.24) is 0 Å². The summed E-state index contributed by atoms with van der Waals surface area (Å²) < 4.78 is 0. The first-order valence-electron chi connectivity index (χ1n) is 4.26. The van der Waals surface area contributed by atoms with Gasteiger partial charge in [-0.05, 0) is 37.1 Å². The molecule has 0 fully saturated rings. The van der Waals surface area contributed by atoms with Gasteiger partial charge >= 0.3 is 11.9 Å². The van der Waals surface area contributed by atoms with E-state index in [1.165, 1.54) is 0 Å². The zero-order valence-corrected chi connectivity index (χ0v) is 9.26. The summed E-state index contributed by atoms with van der Waals surface area (Å²) in [6.07, 6.45) is 0. The Labute approximate surface area is 92.7 Å². The van der Waals surface area contributed by atoms with Crippen LogP contribution < -0.4 is 5.32 Å². The maximum atomic E-state index is 10.9. The lowest BCUT2D eigenvalue weighted by atomic mass is 10.1. The van der Waals surface area contributed by atoms with E-state index in [-0.39, 0.29) is 0 Å². The van der Waals surface area contributed by atoms with Crippen molar-refractivity contribution in [2.24, 2.45) is 0 Å². The predicted molar refractivity (Wildman–Crippen MR) is 59.4 cm³/mol. The molecule has 4 nitrogen and oxygen atoms in total. The number of aryl methyl sites for hydroxylation is 2. The number of aliphatic carboxylic acids is 1. The highest BCUT2D eigenvalue weighted by molar-refractivity contribution is 7.80. The van der Waals surface area contributed by atoms with E-state index in [1.807, 2.05) is 13.8 Å². The van der Waals surface area contributed by atoms with E-state index in [4.69, 9.17) is 5.11 Å². The van der Waals surface area contributed by atoms with Crippen LogP contribution in [-0.2, 0) is 9.59 Å². The van der Waals surface area contributed by atoms with Crippen molar-refractivity contribution in [3.8, 4) is 0 Å². The Kier molecular flexibility index (Phi) is 3.36. The lowest BCUT2D eigenvalue weighted by molar-refractivity contribution is -0.147. The van der Waals surface area contributed by atoms with Crippen molar-refractivity contribution in [3.63, 3.8) is 0 Å². The lowest BCUT2D eigenvalue weighted by Crippen LogP contribution is -2.21. The van der Waals surface area contributed by atoms with Gasteiger partial charge in [0.1, 0.15) is 0 Å². The van der Waals surface area contributed by atoms with Crippen molar-refractivity contribution in [2.75, 3.05) is 5.32 Å². The Morgan fingerprint density at radius 1 is 1.27 bits per heavy atom. The van der Waals surface area contributed by atoms with Crippen molar-refractivity contribution in [2.45, 2.75) is 18.7 Å². The van der Waals surface area contributed by atoms with Gasteiger partial charge < -0.3 is 10.4 Å². The van der Waals surface area contributed by atoms with E-state index in [1.54, 1.807) is 12.1 Å². The number of amides is 1. The van der Waals surface area contributed by atoms with Crippen LogP contribution in [0.2, 0.25) is 0 Å². The quantitative estimate of drug-likeness (QED) is 0.502. The highest BCUT2D eigenvalue weighted by Gasteiger charge is 2.11. The number of carboxylic acids is 1. The molecular formula is C10H11NO3S. The molecule has 0 aliphatic heterocycles. The highest BCUT2D eigenvalue weighted by Crippen LogP contribution is 2.22. The Morgan fingerprint density at radius 3 is 2.13 bits per heavy atom. The third-order valence-corrected chi connectivity index (χ3v) is 2.65. The summed E-state index contributed by atoms with van der Waals surface area (Å²) in [6.45, 7) is 3.68. The first-order chi connectivity index (χ1) is 6.91. The number of benzene rings is 1. The summed E-state index contributed by atoms with van der Waals surface area (Å²) >= 11 is 4.26. The fourth-order valence-electron chi connectivity index (χ4n) is 1.21. The third kappa shape index (κ3) is 2.73. The maximum absolute atomic E-state index is 10.9. The van der Waals surface area contributed by atoms with Crippen molar-refractivity contribution < 1.29 is 14.7 Å². The molecule has 0 aliphatic carbocycles. The van der Waals surface area contributed by atoms with Gasteiger partial charge in [0.25, 0.3) is 0 Å². The van der Waals surface area contributed by atoms with Crippen molar-refractivity contribution in [1.29, 1.82) is 0 Å². The molecule has 0 saturated carbocycles. The second kappa shape index (κ2) is 4.35. The fraction of sp³-hybridized carbons (Fsp3) is 0.200. The first kappa shape index (κ1) is 11.6. The van der Waals surface area contributed by atoms with Gasteiger partial charge in [-0.25, -0.2) is 4.79 Å². The first-order valence-corrected chi connectivity index (χ1v) is 4.71. The minimum absolute atomic E-state index is 0.468. The number of anilines is 1. The molecule has 0 bridgehead atoms. The van der Waals surface area contributed by atoms with Gasteiger partial charge in [-0.3, -0.25) is 4.79 Å². The molecule has 15 heavy (non-hydrogen) atoms. The summed E-state index contributed by atoms with van der Waals surface area (Å²) in [5.74, 6) is -2.54.